The van der Waals surface area contributed by atoms with Crippen LogP contribution in [0.3, 0.4) is 0 Å². The first kappa shape index (κ1) is 10.7. The highest BCUT2D eigenvalue weighted by Gasteiger charge is 2.11. The third-order valence-electron chi connectivity index (χ3n) is 2.44. The lowest BCUT2D eigenvalue weighted by atomic mass is 10.0. The number of aromatic nitrogens is 2. The number of nitrogens with zero attached hydrogens (tertiary/aromatic N) is 2. The standard InChI is InChI=1S/C12H10ClN3/c1-8-12(11(6-13)16-15-8)10-4-2-3-9(5-10)7-14/h2-5H,6H2,1H3,(H,15,16). The Hall–Kier alpha value is -1.79. The van der Waals surface area contributed by atoms with Crippen molar-refractivity contribution in [2.45, 2.75) is 12.8 Å². The maximum atomic E-state index is 8.86. The van der Waals surface area contributed by atoms with Gasteiger partial charge in [0, 0.05) is 5.56 Å². The highest BCUT2D eigenvalue weighted by Crippen LogP contribution is 2.27. The van der Waals surface area contributed by atoms with Crippen LogP contribution in [0.5, 0.6) is 0 Å². The summed E-state index contributed by atoms with van der Waals surface area (Å²) in [5.74, 6) is 0.382. The molecule has 0 amide bonds. The minimum atomic E-state index is 0.382. The first-order valence-corrected chi connectivity index (χ1v) is 5.40. The smallest absolute Gasteiger partial charge is 0.0991 e. The zero-order valence-corrected chi connectivity index (χ0v) is 9.54. The average molecular weight is 232 g/mol. The number of benzene rings is 1. The van der Waals surface area contributed by atoms with Gasteiger partial charge in [0.25, 0.3) is 0 Å². The largest absolute Gasteiger partial charge is 0.280 e. The summed E-state index contributed by atoms with van der Waals surface area (Å²) in [4.78, 5) is 0. The molecule has 0 saturated heterocycles. The normalized spacial score (nSPS) is 10.1. The minimum Gasteiger partial charge on any atom is -0.280 e. The highest BCUT2D eigenvalue weighted by molar-refractivity contribution is 6.17. The van der Waals surface area contributed by atoms with E-state index in [2.05, 4.69) is 16.3 Å². The van der Waals surface area contributed by atoms with Crippen LogP contribution >= 0.6 is 11.6 Å². The third kappa shape index (κ3) is 1.80. The van der Waals surface area contributed by atoms with Gasteiger partial charge < -0.3 is 0 Å². The number of nitrogens with one attached hydrogen (secondary N) is 1. The van der Waals surface area contributed by atoms with Crippen LogP contribution in [0.1, 0.15) is 17.0 Å². The van der Waals surface area contributed by atoms with Crippen LogP contribution in [0.4, 0.5) is 0 Å². The Bertz CT molecular complexity index is 552. The molecule has 1 aromatic carbocycles. The van der Waals surface area contributed by atoms with Gasteiger partial charge in [-0.25, -0.2) is 0 Å². The summed E-state index contributed by atoms with van der Waals surface area (Å²) in [5.41, 5.74) is 4.38. The van der Waals surface area contributed by atoms with Gasteiger partial charge in [-0.3, -0.25) is 5.10 Å². The van der Waals surface area contributed by atoms with Crippen molar-refractivity contribution in [3.63, 3.8) is 0 Å². The second-order valence-corrected chi connectivity index (χ2v) is 3.76. The summed E-state index contributed by atoms with van der Waals surface area (Å²) in [6.07, 6.45) is 0. The predicted octanol–water partition coefficient (Wildman–Crippen LogP) is 3.00. The van der Waals surface area contributed by atoms with E-state index in [-0.39, 0.29) is 0 Å². The van der Waals surface area contributed by atoms with E-state index >= 15 is 0 Å². The van der Waals surface area contributed by atoms with Crippen LogP contribution in [-0.2, 0) is 5.88 Å². The lowest BCUT2D eigenvalue weighted by Crippen LogP contribution is -1.85. The summed E-state index contributed by atoms with van der Waals surface area (Å²) < 4.78 is 0. The van der Waals surface area contributed by atoms with E-state index in [1.54, 1.807) is 6.07 Å². The van der Waals surface area contributed by atoms with Crippen molar-refractivity contribution in [2.24, 2.45) is 0 Å². The first-order valence-electron chi connectivity index (χ1n) is 4.86. The number of halogens is 1. The van der Waals surface area contributed by atoms with Gasteiger partial charge in [0.05, 0.1) is 28.9 Å². The summed E-state index contributed by atoms with van der Waals surface area (Å²) >= 11 is 5.83. The van der Waals surface area contributed by atoms with Crippen LogP contribution in [-0.4, -0.2) is 10.2 Å². The molecule has 0 atom stereocenters. The molecule has 1 heterocycles. The molecule has 3 nitrogen and oxygen atoms in total. The fourth-order valence-electron chi connectivity index (χ4n) is 1.71. The molecule has 0 bridgehead atoms. The third-order valence-corrected chi connectivity index (χ3v) is 2.70. The van der Waals surface area contributed by atoms with Crippen LogP contribution in [0.2, 0.25) is 0 Å². The van der Waals surface area contributed by atoms with Crippen molar-refractivity contribution in [1.29, 1.82) is 5.26 Å². The minimum absolute atomic E-state index is 0.382. The van der Waals surface area contributed by atoms with Crippen molar-refractivity contribution in [3.8, 4) is 17.2 Å². The Balaban J connectivity index is 2.58. The summed E-state index contributed by atoms with van der Waals surface area (Å²) in [6.45, 7) is 1.92. The Morgan fingerprint density at radius 2 is 2.31 bits per heavy atom. The highest BCUT2D eigenvalue weighted by atomic mass is 35.5. The number of alkyl halides is 1. The summed E-state index contributed by atoms with van der Waals surface area (Å²) in [6, 6.07) is 9.55. The molecule has 1 aromatic heterocycles. The average Bonchev–Trinajstić information content (AvgIpc) is 2.70. The van der Waals surface area contributed by atoms with E-state index in [9.17, 15) is 0 Å². The lowest BCUT2D eigenvalue weighted by molar-refractivity contribution is 1.01. The number of nitriles is 1. The molecule has 0 spiro atoms. The van der Waals surface area contributed by atoms with Gasteiger partial charge in [-0.05, 0) is 24.6 Å². The van der Waals surface area contributed by atoms with E-state index in [0.29, 0.717) is 11.4 Å². The quantitative estimate of drug-likeness (QED) is 0.808. The number of rotatable bonds is 2. The van der Waals surface area contributed by atoms with E-state index < -0.39 is 0 Å². The molecule has 0 saturated carbocycles. The van der Waals surface area contributed by atoms with Gasteiger partial charge in [0.1, 0.15) is 0 Å². The number of hydrogen-bond acceptors (Lipinski definition) is 2. The van der Waals surface area contributed by atoms with Gasteiger partial charge in [0.15, 0.2) is 0 Å². The van der Waals surface area contributed by atoms with Gasteiger partial charge in [-0.1, -0.05) is 12.1 Å². The summed E-state index contributed by atoms with van der Waals surface area (Å²) in [7, 11) is 0. The Morgan fingerprint density at radius 3 is 3.00 bits per heavy atom. The molecule has 80 valence electrons. The molecule has 2 aromatic rings. The summed E-state index contributed by atoms with van der Waals surface area (Å²) in [5, 5.41) is 15.9. The van der Waals surface area contributed by atoms with Crippen LogP contribution in [0, 0.1) is 18.3 Å². The molecule has 16 heavy (non-hydrogen) atoms. The lowest BCUT2D eigenvalue weighted by Gasteiger charge is -2.02. The SMILES string of the molecule is Cc1n[nH]c(CCl)c1-c1cccc(C#N)c1. The van der Waals surface area contributed by atoms with Crippen LogP contribution in [0.25, 0.3) is 11.1 Å². The fourth-order valence-corrected chi connectivity index (χ4v) is 1.90. The monoisotopic (exact) mass is 231 g/mol. The van der Waals surface area contributed by atoms with Crippen molar-refractivity contribution in [2.75, 3.05) is 0 Å². The number of hydrogen-bond donors (Lipinski definition) is 1. The van der Waals surface area contributed by atoms with Crippen molar-refractivity contribution in [3.05, 3.63) is 41.2 Å². The molecule has 4 heteroatoms. The second-order valence-electron chi connectivity index (χ2n) is 3.49. The molecule has 1 N–H and O–H groups in total. The van der Waals surface area contributed by atoms with Crippen molar-refractivity contribution in [1.82, 2.24) is 10.2 Å². The Labute approximate surface area is 98.7 Å². The second kappa shape index (κ2) is 4.38. The van der Waals surface area contributed by atoms with Crippen LogP contribution < -0.4 is 0 Å². The van der Waals surface area contributed by atoms with E-state index in [1.807, 2.05) is 25.1 Å². The van der Waals surface area contributed by atoms with Crippen LogP contribution in [0.15, 0.2) is 24.3 Å². The molecule has 0 radical (unpaired) electrons. The molecular weight excluding hydrogens is 222 g/mol. The molecular formula is C12H10ClN3. The van der Waals surface area contributed by atoms with Gasteiger partial charge >= 0.3 is 0 Å². The van der Waals surface area contributed by atoms with E-state index in [4.69, 9.17) is 16.9 Å². The molecule has 0 fully saturated rings. The van der Waals surface area contributed by atoms with Crippen molar-refractivity contribution < 1.29 is 0 Å². The van der Waals surface area contributed by atoms with Gasteiger partial charge in [0.2, 0.25) is 0 Å². The van der Waals surface area contributed by atoms with E-state index in [1.165, 1.54) is 0 Å². The topological polar surface area (TPSA) is 52.5 Å². The first-order chi connectivity index (χ1) is 7.76. The zero-order valence-electron chi connectivity index (χ0n) is 8.79. The molecule has 0 aliphatic heterocycles. The number of aryl methyl sites for hydroxylation is 1. The Morgan fingerprint density at radius 1 is 1.50 bits per heavy atom. The Kier molecular flexibility index (Phi) is 2.93. The fraction of sp³-hybridized carbons (Fsp3) is 0.167. The molecule has 2 rings (SSSR count). The molecule has 0 aliphatic rings. The van der Waals surface area contributed by atoms with Gasteiger partial charge in [-0.2, -0.15) is 10.4 Å². The number of H-pyrrole nitrogens is 1. The molecule has 0 aliphatic carbocycles. The maximum absolute atomic E-state index is 8.86. The zero-order chi connectivity index (χ0) is 11.5. The molecule has 0 unspecified atom stereocenters. The van der Waals surface area contributed by atoms with Gasteiger partial charge in [-0.15, -0.1) is 11.6 Å². The van der Waals surface area contributed by atoms with E-state index in [0.717, 1.165) is 22.5 Å². The van der Waals surface area contributed by atoms with Crippen molar-refractivity contribution >= 4 is 11.6 Å². The predicted molar refractivity (Wildman–Crippen MR) is 63.0 cm³/mol. The maximum Gasteiger partial charge on any atom is 0.0991 e. The number of aromatic amines is 1.